The minimum atomic E-state index is -0.0299. The maximum absolute atomic E-state index is 5.93. The van der Waals surface area contributed by atoms with Crippen molar-refractivity contribution in [1.29, 1.82) is 0 Å². The predicted molar refractivity (Wildman–Crippen MR) is 127 cm³/mol. The van der Waals surface area contributed by atoms with E-state index in [1.165, 1.54) is 11.3 Å². The van der Waals surface area contributed by atoms with E-state index in [0.717, 1.165) is 48.9 Å². The zero-order valence-electron chi connectivity index (χ0n) is 17.8. The summed E-state index contributed by atoms with van der Waals surface area (Å²) in [5.74, 6) is 0. The highest BCUT2D eigenvalue weighted by atomic mass is 32.1. The predicted octanol–water partition coefficient (Wildman–Crippen LogP) is 4.80. The Morgan fingerprint density at radius 1 is 1.13 bits per heavy atom. The van der Waals surface area contributed by atoms with Gasteiger partial charge in [0.1, 0.15) is 6.04 Å². The first kappa shape index (κ1) is 20.2. The molecule has 1 N–H and O–H groups in total. The topological polar surface area (TPSA) is 42.3 Å². The van der Waals surface area contributed by atoms with Gasteiger partial charge in [-0.05, 0) is 73.4 Å². The Morgan fingerprint density at radius 2 is 2.00 bits per heavy atom. The second-order valence-corrected chi connectivity index (χ2v) is 8.62. The van der Waals surface area contributed by atoms with Crippen LogP contribution in [0.4, 0.5) is 5.69 Å². The number of nitrogens with zero attached hydrogens (tertiary/aromatic N) is 3. The fraction of sp³-hybridized carbons (Fsp3) is 0.360. The van der Waals surface area contributed by atoms with Gasteiger partial charge < -0.3 is 19.5 Å². The molecule has 0 saturated carbocycles. The lowest BCUT2D eigenvalue weighted by Gasteiger charge is -2.29. The number of pyridine rings is 1. The molecule has 0 spiro atoms. The van der Waals surface area contributed by atoms with Crippen molar-refractivity contribution in [3.05, 3.63) is 83.9 Å². The maximum atomic E-state index is 5.93. The molecule has 3 aromatic rings. The van der Waals surface area contributed by atoms with Gasteiger partial charge >= 0.3 is 0 Å². The fourth-order valence-electron chi connectivity index (χ4n) is 4.70. The molecular formula is C25H28N4OS. The molecule has 5 rings (SSSR count). The molecule has 0 bridgehead atoms. The zero-order valence-corrected chi connectivity index (χ0v) is 18.6. The minimum absolute atomic E-state index is 0.00581. The van der Waals surface area contributed by atoms with E-state index in [0.29, 0.717) is 0 Å². The van der Waals surface area contributed by atoms with Crippen LogP contribution in [0.5, 0.6) is 0 Å². The van der Waals surface area contributed by atoms with E-state index in [4.69, 9.17) is 17.0 Å². The summed E-state index contributed by atoms with van der Waals surface area (Å²) >= 11 is 5.85. The number of hydrogen-bond donors (Lipinski definition) is 1. The average Bonchev–Trinajstić information content (AvgIpc) is 3.55. The van der Waals surface area contributed by atoms with Crippen molar-refractivity contribution in [3.63, 3.8) is 0 Å². The van der Waals surface area contributed by atoms with Crippen molar-refractivity contribution in [3.8, 4) is 0 Å². The summed E-state index contributed by atoms with van der Waals surface area (Å²) < 4.78 is 8.26. The standard InChI is InChI=1S/C25H28N4OS/c1-2-18-10-12-19(13-11-18)29-24(23(27-25(29)31)21-8-3-4-14-26-21)22-9-5-15-28(22)17-20-7-6-16-30-20/h3-5,8-15,20,23-24H,2,6-7,16-17H2,1H3,(H,27,31). The molecule has 2 fully saturated rings. The molecule has 3 atom stereocenters. The van der Waals surface area contributed by atoms with Crippen molar-refractivity contribution in [1.82, 2.24) is 14.9 Å². The van der Waals surface area contributed by atoms with Gasteiger partial charge in [-0.1, -0.05) is 25.1 Å². The third kappa shape index (κ3) is 3.98. The summed E-state index contributed by atoms with van der Waals surface area (Å²) in [5.41, 5.74) is 4.63. The largest absolute Gasteiger partial charge is 0.376 e. The third-order valence-corrected chi connectivity index (χ3v) is 6.63. The molecule has 0 amide bonds. The minimum Gasteiger partial charge on any atom is -0.376 e. The van der Waals surface area contributed by atoms with Crippen LogP contribution < -0.4 is 10.2 Å². The van der Waals surface area contributed by atoms with E-state index in [9.17, 15) is 0 Å². The van der Waals surface area contributed by atoms with Gasteiger partial charge in [0.2, 0.25) is 0 Å². The second kappa shape index (κ2) is 8.81. The first-order valence-corrected chi connectivity index (χ1v) is 11.5. The highest BCUT2D eigenvalue weighted by Crippen LogP contribution is 2.41. The van der Waals surface area contributed by atoms with Crippen LogP contribution in [0, 0.1) is 0 Å². The summed E-state index contributed by atoms with van der Waals surface area (Å²) in [6.45, 7) is 3.90. The van der Waals surface area contributed by atoms with E-state index >= 15 is 0 Å². The SMILES string of the molecule is CCc1ccc(N2C(=S)NC(c3ccccn3)C2c2cccn2CC2CCCO2)cc1. The Balaban J connectivity index is 1.56. The summed E-state index contributed by atoms with van der Waals surface area (Å²) in [7, 11) is 0. The van der Waals surface area contributed by atoms with Crippen molar-refractivity contribution >= 4 is 23.0 Å². The van der Waals surface area contributed by atoms with Gasteiger partial charge in [0.15, 0.2) is 5.11 Å². The highest BCUT2D eigenvalue weighted by Gasteiger charge is 2.42. The lowest BCUT2D eigenvalue weighted by molar-refractivity contribution is 0.0961. The van der Waals surface area contributed by atoms with Gasteiger partial charge in [-0.3, -0.25) is 4.98 Å². The second-order valence-electron chi connectivity index (χ2n) is 8.24. The van der Waals surface area contributed by atoms with Crippen LogP contribution in [0.25, 0.3) is 0 Å². The van der Waals surface area contributed by atoms with Crippen molar-refractivity contribution in [2.75, 3.05) is 11.5 Å². The van der Waals surface area contributed by atoms with Gasteiger partial charge in [0, 0.05) is 36.9 Å². The molecular weight excluding hydrogens is 404 g/mol. The van der Waals surface area contributed by atoms with Gasteiger partial charge in [0.25, 0.3) is 0 Å². The van der Waals surface area contributed by atoms with Gasteiger partial charge in [0.05, 0.1) is 17.8 Å². The van der Waals surface area contributed by atoms with E-state index < -0.39 is 0 Å². The lowest BCUT2D eigenvalue weighted by atomic mass is 10.0. The maximum Gasteiger partial charge on any atom is 0.174 e. The number of hydrogen-bond acceptors (Lipinski definition) is 3. The van der Waals surface area contributed by atoms with E-state index in [1.807, 2.05) is 18.3 Å². The molecule has 2 saturated heterocycles. The number of anilines is 1. The molecule has 0 aliphatic carbocycles. The first-order chi connectivity index (χ1) is 15.2. The number of aryl methyl sites for hydroxylation is 1. The van der Waals surface area contributed by atoms with Crippen molar-refractivity contribution in [2.45, 2.75) is 50.9 Å². The average molecular weight is 433 g/mol. The quantitative estimate of drug-likeness (QED) is 0.567. The normalized spacial score (nSPS) is 23.3. The molecule has 2 aromatic heterocycles. The number of ether oxygens (including phenoxy) is 1. The van der Waals surface area contributed by atoms with E-state index in [2.05, 4.69) is 75.4 Å². The Kier molecular flexibility index (Phi) is 5.74. The molecule has 3 unspecified atom stereocenters. The summed E-state index contributed by atoms with van der Waals surface area (Å²) in [6, 6.07) is 19.1. The number of rotatable bonds is 6. The van der Waals surface area contributed by atoms with Crippen molar-refractivity contribution in [2.24, 2.45) is 0 Å². The lowest BCUT2D eigenvalue weighted by Crippen LogP contribution is -2.31. The third-order valence-electron chi connectivity index (χ3n) is 6.31. The molecule has 2 aliphatic rings. The monoisotopic (exact) mass is 432 g/mol. The summed E-state index contributed by atoms with van der Waals surface area (Å²) in [4.78, 5) is 6.91. The number of nitrogens with one attached hydrogen (secondary N) is 1. The van der Waals surface area contributed by atoms with Gasteiger partial charge in [-0.2, -0.15) is 0 Å². The van der Waals surface area contributed by atoms with Crippen LogP contribution >= 0.6 is 12.2 Å². The molecule has 1 aromatic carbocycles. The first-order valence-electron chi connectivity index (χ1n) is 11.1. The fourth-order valence-corrected chi connectivity index (χ4v) is 5.04. The Hall–Kier alpha value is -2.70. The zero-order chi connectivity index (χ0) is 21.2. The van der Waals surface area contributed by atoms with Crippen LogP contribution in [0.3, 0.4) is 0 Å². The molecule has 6 heteroatoms. The van der Waals surface area contributed by atoms with Crippen LogP contribution in [-0.4, -0.2) is 27.4 Å². The van der Waals surface area contributed by atoms with Crippen molar-refractivity contribution < 1.29 is 4.74 Å². The number of thiocarbonyl (C=S) groups is 1. The Bertz CT molecular complexity index is 1030. The number of aromatic nitrogens is 2. The number of benzene rings is 1. The van der Waals surface area contributed by atoms with E-state index in [-0.39, 0.29) is 18.2 Å². The summed E-state index contributed by atoms with van der Waals surface area (Å²) in [6.07, 6.45) is 7.56. The van der Waals surface area contributed by atoms with Crippen LogP contribution in [0.2, 0.25) is 0 Å². The van der Waals surface area contributed by atoms with Crippen LogP contribution in [0.1, 0.15) is 48.8 Å². The molecule has 31 heavy (non-hydrogen) atoms. The molecule has 2 aliphatic heterocycles. The van der Waals surface area contributed by atoms with Gasteiger partial charge in [-0.25, -0.2) is 0 Å². The molecule has 4 heterocycles. The van der Waals surface area contributed by atoms with Crippen LogP contribution in [-0.2, 0) is 17.7 Å². The molecule has 0 radical (unpaired) electrons. The molecule has 160 valence electrons. The van der Waals surface area contributed by atoms with E-state index in [1.54, 1.807) is 0 Å². The van der Waals surface area contributed by atoms with Crippen LogP contribution in [0.15, 0.2) is 67.0 Å². The molecule has 5 nitrogen and oxygen atoms in total. The van der Waals surface area contributed by atoms with Gasteiger partial charge in [-0.15, -0.1) is 0 Å². The summed E-state index contributed by atoms with van der Waals surface area (Å²) in [5, 5.41) is 4.29. The highest BCUT2D eigenvalue weighted by molar-refractivity contribution is 7.80. The smallest absolute Gasteiger partial charge is 0.174 e. The Morgan fingerprint density at radius 3 is 2.71 bits per heavy atom. The Labute approximate surface area is 189 Å².